The maximum absolute atomic E-state index is 14.3. The third kappa shape index (κ3) is 5.79. The number of hydrogen-bond donors (Lipinski definition) is 1. The van der Waals surface area contributed by atoms with Crippen LogP contribution in [0.3, 0.4) is 0 Å². The number of carbonyl (C=O) groups excluding carboxylic acids is 3. The van der Waals surface area contributed by atoms with Crippen molar-refractivity contribution in [2.75, 3.05) is 41.7 Å². The van der Waals surface area contributed by atoms with E-state index in [0.29, 0.717) is 36.7 Å². The molecule has 258 valence electrons. The average molecular weight is 693 g/mol. The van der Waals surface area contributed by atoms with Crippen molar-refractivity contribution in [1.82, 2.24) is 0 Å². The summed E-state index contributed by atoms with van der Waals surface area (Å²) in [4.78, 5) is 41.0. The highest BCUT2D eigenvalue weighted by Crippen LogP contribution is 2.56. The van der Waals surface area contributed by atoms with Gasteiger partial charge in [0, 0.05) is 42.7 Å². The monoisotopic (exact) mass is 692 g/mol. The number of benzene rings is 3. The molecule has 3 aromatic carbocycles. The first-order chi connectivity index (χ1) is 23.6. The second-order valence-corrected chi connectivity index (χ2v) is 12.5. The van der Waals surface area contributed by atoms with E-state index < -0.39 is 40.7 Å². The van der Waals surface area contributed by atoms with E-state index in [1.165, 1.54) is 34.5 Å². The van der Waals surface area contributed by atoms with Gasteiger partial charge in [0.2, 0.25) is 11.4 Å². The Kier molecular flexibility index (Phi) is 9.39. The number of Topliss-reactive ketones (excluding diaryl/α,β-unsaturated/α-hetero) is 2. The van der Waals surface area contributed by atoms with Crippen LogP contribution in [0.5, 0.6) is 34.5 Å². The van der Waals surface area contributed by atoms with E-state index in [-0.39, 0.29) is 46.2 Å². The van der Waals surface area contributed by atoms with Crippen LogP contribution in [0.4, 0.5) is 0 Å². The van der Waals surface area contributed by atoms with E-state index in [1.54, 1.807) is 25.1 Å². The molecule has 11 nitrogen and oxygen atoms in total. The van der Waals surface area contributed by atoms with Crippen LogP contribution in [0.15, 0.2) is 53.8 Å². The van der Waals surface area contributed by atoms with Crippen LogP contribution in [-0.2, 0) is 27.2 Å². The molecule has 6 rings (SSSR count). The quantitative estimate of drug-likeness (QED) is 0.237. The van der Waals surface area contributed by atoms with E-state index in [0.717, 1.165) is 23.3 Å². The number of fused-ring (bicyclic) bond motifs is 2. The number of aliphatic hydroxyl groups excluding tert-OH is 1. The van der Waals surface area contributed by atoms with Crippen LogP contribution in [0.25, 0.3) is 0 Å². The lowest BCUT2D eigenvalue weighted by atomic mass is 9.69. The smallest absolute Gasteiger partial charge is 0.306 e. The van der Waals surface area contributed by atoms with Gasteiger partial charge in [-0.15, -0.1) is 0 Å². The predicted octanol–water partition coefficient (Wildman–Crippen LogP) is 6.00. The molecule has 1 aliphatic carbocycles. The van der Waals surface area contributed by atoms with Crippen LogP contribution < -0.4 is 28.4 Å². The zero-order chi connectivity index (χ0) is 35.0. The predicted molar refractivity (Wildman–Crippen MR) is 178 cm³/mol. The van der Waals surface area contributed by atoms with Crippen molar-refractivity contribution in [3.63, 3.8) is 0 Å². The van der Waals surface area contributed by atoms with Gasteiger partial charge in [0.05, 0.1) is 48.1 Å². The molecule has 0 radical (unpaired) electrons. The molecular formula is C37H37ClO11. The number of allylic oxidation sites excluding steroid dienone is 1. The number of ether oxygens (including phenoxy) is 7. The Hall–Kier alpha value is -4.90. The number of methoxy groups -OCH3 is 4. The van der Waals surface area contributed by atoms with Gasteiger partial charge in [-0.2, -0.15) is 0 Å². The molecule has 0 amide bonds. The van der Waals surface area contributed by atoms with Crippen molar-refractivity contribution >= 4 is 29.1 Å². The lowest BCUT2D eigenvalue weighted by Crippen LogP contribution is -2.53. The molecule has 1 spiro atoms. The zero-order valence-electron chi connectivity index (χ0n) is 27.8. The Morgan fingerprint density at radius 1 is 1.00 bits per heavy atom. The van der Waals surface area contributed by atoms with Crippen molar-refractivity contribution in [3.8, 4) is 34.5 Å². The number of rotatable bonds is 11. The fourth-order valence-corrected chi connectivity index (χ4v) is 7.14. The second-order valence-electron chi connectivity index (χ2n) is 12.1. The minimum absolute atomic E-state index is 0.0123. The minimum atomic E-state index is -2.02. The molecule has 49 heavy (non-hydrogen) atoms. The van der Waals surface area contributed by atoms with Gasteiger partial charge >= 0.3 is 5.97 Å². The van der Waals surface area contributed by atoms with Gasteiger partial charge in [-0.1, -0.05) is 36.7 Å². The summed E-state index contributed by atoms with van der Waals surface area (Å²) in [7, 11) is 5.53. The highest BCUT2D eigenvalue weighted by atomic mass is 35.5. The SMILES string of the molecule is COC(=O)C[C@@H](C1=C(O)[C@@]2(Oc3c(Cl)c(OC)cc(OC)c3C2=O)[C@H](C)CC1=O)c1ccc(OC)c(OCCc2ccc3c(c2)CCO3)c1. The molecule has 0 saturated heterocycles. The van der Waals surface area contributed by atoms with Crippen molar-refractivity contribution in [2.45, 2.75) is 44.1 Å². The van der Waals surface area contributed by atoms with E-state index >= 15 is 0 Å². The number of halogens is 1. The third-order valence-electron chi connectivity index (χ3n) is 9.45. The summed E-state index contributed by atoms with van der Waals surface area (Å²) in [5.41, 5.74) is 0.546. The van der Waals surface area contributed by atoms with Gasteiger partial charge in [-0.05, 0) is 34.9 Å². The summed E-state index contributed by atoms with van der Waals surface area (Å²) < 4.78 is 39.5. The second kappa shape index (κ2) is 13.5. The molecule has 0 aromatic heterocycles. The molecule has 0 unspecified atom stereocenters. The summed E-state index contributed by atoms with van der Waals surface area (Å²) in [5, 5.41) is 12.1. The van der Waals surface area contributed by atoms with Crippen LogP contribution >= 0.6 is 11.6 Å². The Morgan fingerprint density at radius 3 is 2.47 bits per heavy atom. The van der Waals surface area contributed by atoms with Crippen molar-refractivity contribution in [2.24, 2.45) is 5.92 Å². The maximum Gasteiger partial charge on any atom is 0.306 e. The number of carbonyl (C=O) groups is 3. The molecule has 0 fully saturated rings. The Labute approximate surface area is 288 Å². The molecule has 1 N–H and O–H groups in total. The molecule has 0 bridgehead atoms. The molecule has 2 aliphatic heterocycles. The standard InChI is InChI=1S/C37H37ClO11/c1-19-14-24(39)31(35(41)37(19)36(42)32-28(44-3)18-29(45-4)33(38)34(32)49-37)23(17-30(40)46-5)21-7-9-26(43-2)27(16-21)48-12-10-20-6-8-25-22(15-20)11-13-47-25/h6-9,15-16,18-19,23,41H,10-14,17H2,1-5H3/t19-,23-,37+/m1/s1. The van der Waals surface area contributed by atoms with Gasteiger partial charge in [0.25, 0.3) is 0 Å². The lowest BCUT2D eigenvalue weighted by Gasteiger charge is -2.38. The number of hydrogen-bond acceptors (Lipinski definition) is 11. The summed E-state index contributed by atoms with van der Waals surface area (Å²) in [6, 6.07) is 12.5. The van der Waals surface area contributed by atoms with E-state index in [9.17, 15) is 19.5 Å². The first-order valence-corrected chi connectivity index (χ1v) is 16.2. The van der Waals surface area contributed by atoms with Gasteiger partial charge in [-0.25, -0.2) is 0 Å². The molecule has 2 heterocycles. The number of ketones is 2. The van der Waals surface area contributed by atoms with Crippen molar-refractivity contribution in [1.29, 1.82) is 0 Å². The van der Waals surface area contributed by atoms with E-state index in [1.807, 2.05) is 12.1 Å². The number of esters is 1. The van der Waals surface area contributed by atoms with Gasteiger partial charge in [0.15, 0.2) is 28.8 Å². The lowest BCUT2D eigenvalue weighted by molar-refractivity contribution is -0.140. The van der Waals surface area contributed by atoms with Crippen LogP contribution in [0.1, 0.15) is 52.7 Å². The highest BCUT2D eigenvalue weighted by Gasteiger charge is 2.61. The van der Waals surface area contributed by atoms with Crippen LogP contribution in [0.2, 0.25) is 5.02 Å². The molecule has 12 heteroatoms. The van der Waals surface area contributed by atoms with E-state index in [2.05, 4.69) is 6.07 Å². The largest absolute Gasteiger partial charge is 0.507 e. The van der Waals surface area contributed by atoms with Crippen molar-refractivity contribution in [3.05, 3.63) is 81.1 Å². The molecule has 3 aliphatic rings. The molecule has 3 aromatic rings. The summed E-state index contributed by atoms with van der Waals surface area (Å²) >= 11 is 6.59. The maximum atomic E-state index is 14.3. The molecule has 0 saturated carbocycles. The average Bonchev–Trinajstić information content (AvgIpc) is 3.70. The first kappa shape index (κ1) is 34.0. The Morgan fingerprint density at radius 2 is 1.76 bits per heavy atom. The number of aliphatic hydroxyl groups is 1. The highest BCUT2D eigenvalue weighted by molar-refractivity contribution is 6.35. The topological polar surface area (TPSA) is 136 Å². The molecule has 3 atom stereocenters. The van der Waals surface area contributed by atoms with Crippen molar-refractivity contribution < 1.29 is 52.6 Å². The van der Waals surface area contributed by atoms with Crippen LogP contribution in [0, 0.1) is 5.92 Å². The Balaban J connectivity index is 1.39. The normalized spacial score (nSPS) is 19.9. The van der Waals surface area contributed by atoms with Gasteiger partial charge in [-0.3, -0.25) is 14.4 Å². The molecular weight excluding hydrogens is 656 g/mol. The van der Waals surface area contributed by atoms with Gasteiger partial charge in [0.1, 0.15) is 27.8 Å². The van der Waals surface area contributed by atoms with E-state index in [4.69, 9.17) is 44.8 Å². The van der Waals surface area contributed by atoms with Crippen LogP contribution in [-0.4, -0.2) is 69.9 Å². The minimum Gasteiger partial charge on any atom is -0.507 e. The zero-order valence-corrected chi connectivity index (χ0v) is 28.6. The fourth-order valence-electron chi connectivity index (χ4n) is 6.87. The third-order valence-corrected chi connectivity index (χ3v) is 9.81. The summed E-state index contributed by atoms with van der Waals surface area (Å²) in [6.45, 7) is 2.61. The fraction of sp³-hybridized carbons (Fsp3) is 0.378. The first-order valence-electron chi connectivity index (χ1n) is 15.8. The Bertz CT molecular complexity index is 1870. The van der Waals surface area contributed by atoms with Gasteiger partial charge < -0.3 is 38.3 Å². The summed E-state index contributed by atoms with van der Waals surface area (Å²) in [6.07, 6.45) is 0.974. The summed E-state index contributed by atoms with van der Waals surface area (Å²) in [5.74, 6) is -2.18.